The zero-order chi connectivity index (χ0) is 11.8. The number of ether oxygens (including phenoxy) is 1. The average molecular weight is 232 g/mol. The van der Waals surface area contributed by atoms with Gasteiger partial charge in [-0.25, -0.2) is 4.79 Å². The summed E-state index contributed by atoms with van der Waals surface area (Å²) in [5, 5.41) is 0. The molecule has 15 heavy (non-hydrogen) atoms. The Morgan fingerprint density at radius 1 is 1.20 bits per heavy atom. The normalized spacial score (nSPS) is 9.27. The average Bonchev–Trinajstić information content (AvgIpc) is 2.11. The fraction of sp³-hybridized carbons (Fsp3) is 0.375. The molecule has 0 N–H and O–H groups in total. The van der Waals surface area contributed by atoms with Crippen molar-refractivity contribution in [2.24, 2.45) is 0 Å². The molecule has 0 radical (unpaired) electrons. The van der Waals surface area contributed by atoms with Crippen molar-refractivity contribution >= 4 is 27.2 Å². The maximum atomic E-state index is 10.7. The maximum absolute atomic E-state index is 10.7. The Labute approximate surface area is 88.7 Å². The van der Waals surface area contributed by atoms with E-state index in [1.807, 2.05) is 0 Å². The largest absolute Gasteiger partial charge is 0.487 e. The van der Waals surface area contributed by atoms with Gasteiger partial charge in [0.25, 0.3) is 11.9 Å². The zero-order valence-electron chi connectivity index (χ0n) is 8.52. The highest BCUT2D eigenvalue weighted by atomic mass is 28.3. The molecule has 0 unspecified atom stereocenters. The van der Waals surface area contributed by atoms with E-state index >= 15 is 0 Å². The molecule has 0 aliphatic carbocycles. The van der Waals surface area contributed by atoms with Crippen molar-refractivity contribution < 1.29 is 28.0 Å². The monoisotopic (exact) mass is 232 g/mol. The van der Waals surface area contributed by atoms with Gasteiger partial charge >= 0.3 is 15.3 Å². The van der Waals surface area contributed by atoms with E-state index in [2.05, 4.69) is 11.3 Å². The molecule has 0 amide bonds. The molecule has 0 aliphatic rings. The van der Waals surface area contributed by atoms with E-state index in [9.17, 15) is 14.4 Å². The van der Waals surface area contributed by atoms with Crippen LogP contribution in [-0.4, -0.2) is 33.4 Å². The van der Waals surface area contributed by atoms with Gasteiger partial charge < -0.3 is 13.6 Å². The molecule has 84 valence electrons. The van der Waals surface area contributed by atoms with Crippen LogP contribution in [-0.2, 0) is 28.0 Å². The standard InChI is InChI=1S/C8H12O6Si/c1-4-8(11)12-5-15(13-6(2)9)14-7(3)10/h4,15H,1,5H2,2-3H3. The van der Waals surface area contributed by atoms with Crippen LogP contribution in [0.1, 0.15) is 13.8 Å². The molecule has 0 rings (SSSR count). The second-order valence-electron chi connectivity index (χ2n) is 2.48. The number of esters is 1. The lowest BCUT2D eigenvalue weighted by atomic mass is 10.7. The van der Waals surface area contributed by atoms with E-state index in [0.717, 1.165) is 6.08 Å². The van der Waals surface area contributed by atoms with Crippen LogP contribution in [0.25, 0.3) is 0 Å². The quantitative estimate of drug-likeness (QED) is 0.364. The Hall–Kier alpha value is -1.63. The summed E-state index contributed by atoms with van der Waals surface area (Å²) in [7, 11) is -2.61. The van der Waals surface area contributed by atoms with E-state index in [4.69, 9.17) is 8.85 Å². The van der Waals surface area contributed by atoms with E-state index in [1.54, 1.807) is 0 Å². The second kappa shape index (κ2) is 6.77. The lowest BCUT2D eigenvalue weighted by Crippen LogP contribution is -2.33. The molecule has 0 bridgehead atoms. The van der Waals surface area contributed by atoms with Crippen molar-refractivity contribution in [3.8, 4) is 0 Å². The van der Waals surface area contributed by atoms with Crippen molar-refractivity contribution in [1.29, 1.82) is 0 Å². The van der Waals surface area contributed by atoms with Crippen LogP contribution < -0.4 is 0 Å². The lowest BCUT2D eigenvalue weighted by Gasteiger charge is -2.13. The first kappa shape index (κ1) is 13.4. The molecule has 0 aromatic carbocycles. The number of carbonyl (C=O) groups is 3. The molecule has 0 atom stereocenters. The first-order valence-electron chi connectivity index (χ1n) is 4.09. The topological polar surface area (TPSA) is 78.9 Å². The summed E-state index contributed by atoms with van der Waals surface area (Å²) in [4.78, 5) is 31.9. The third-order valence-electron chi connectivity index (χ3n) is 1.12. The summed E-state index contributed by atoms with van der Waals surface area (Å²) in [6, 6.07) is 0. The molecule has 0 heterocycles. The highest BCUT2D eigenvalue weighted by molar-refractivity contribution is 6.48. The van der Waals surface area contributed by atoms with Crippen molar-refractivity contribution in [3.05, 3.63) is 12.7 Å². The van der Waals surface area contributed by atoms with E-state index in [-0.39, 0.29) is 6.23 Å². The highest BCUT2D eigenvalue weighted by Crippen LogP contribution is 1.94. The molecule has 0 spiro atoms. The van der Waals surface area contributed by atoms with Gasteiger partial charge in [-0.15, -0.1) is 0 Å². The highest BCUT2D eigenvalue weighted by Gasteiger charge is 2.21. The van der Waals surface area contributed by atoms with Gasteiger partial charge in [0, 0.05) is 19.9 Å². The number of hydrogen-bond acceptors (Lipinski definition) is 6. The number of hydrogen-bond donors (Lipinski definition) is 0. The molecule has 0 aliphatic heterocycles. The van der Waals surface area contributed by atoms with Gasteiger partial charge in [0.2, 0.25) is 0 Å². The fourth-order valence-electron chi connectivity index (χ4n) is 0.671. The smallest absolute Gasteiger partial charge is 0.485 e. The van der Waals surface area contributed by atoms with Crippen LogP contribution in [0.3, 0.4) is 0 Å². The Morgan fingerprint density at radius 2 is 1.67 bits per heavy atom. The summed E-state index contributed by atoms with van der Waals surface area (Å²) in [6.45, 7) is 5.54. The molecular formula is C8H12O6Si. The molecule has 0 fully saturated rings. The van der Waals surface area contributed by atoms with Crippen molar-refractivity contribution in [2.45, 2.75) is 13.8 Å². The molecule has 0 saturated carbocycles. The third-order valence-corrected chi connectivity index (χ3v) is 2.75. The maximum Gasteiger partial charge on any atom is 0.487 e. The molecule has 7 heteroatoms. The van der Waals surface area contributed by atoms with Crippen LogP contribution in [0.5, 0.6) is 0 Å². The van der Waals surface area contributed by atoms with Crippen molar-refractivity contribution in [3.63, 3.8) is 0 Å². The van der Waals surface area contributed by atoms with Crippen molar-refractivity contribution in [1.82, 2.24) is 0 Å². The van der Waals surface area contributed by atoms with Crippen LogP contribution in [0.2, 0.25) is 0 Å². The zero-order valence-corrected chi connectivity index (χ0v) is 9.67. The van der Waals surface area contributed by atoms with Crippen molar-refractivity contribution in [2.75, 3.05) is 6.23 Å². The van der Waals surface area contributed by atoms with Crippen LogP contribution >= 0.6 is 0 Å². The summed E-state index contributed by atoms with van der Waals surface area (Å²) in [5.74, 6) is -1.82. The van der Waals surface area contributed by atoms with Gasteiger partial charge in [0.05, 0.1) is 0 Å². The fourth-order valence-corrected chi connectivity index (χ4v) is 1.90. The molecule has 0 saturated heterocycles. The SMILES string of the molecule is C=CC(=O)OC[SiH](OC(C)=O)OC(C)=O. The molecular weight excluding hydrogens is 220 g/mol. The minimum atomic E-state index is -2.61. The van der Waals surface area contributed by atoms with Crippen LogP contribution in [0, 0.1) is 0 Å². The Balaban J connectivity index is 4.11. The predicted molar refractivity (Wildman–Crippen MR) is 51.8 cm³/mol. The number of carbonyl (C=O) groups excluding carboxylic acids is 3. The number of rotatable bonds is 5. The van der Waals surface area contributed by atoms with E-state index < -0.39 is 27.2 Å². The Kier molecular flexibility index (Phi) is 6.03. The first-order valence-corrected chi connectivity index (χ1v) is 5.85. The minimum Gasteiger partial charge on any atom is -0.485 e. The predicted octanol–water partition coefficient (Wildman–Crippen LogP) is -0.399. The van der Waals surface area contributed by atoms with Gasteiger partial charge in [-0.05, 0) is 0 Å². The summed E-state index contributed by atoms with van der Waals surface area (Å²) in [6.07, 6.45) is 0.747. The van der Waals surface area contributed by atoms with Crippen LogP contribution in [0.4, 0.5) is 0 Å². The van der Waals surface area contributed by atoms with Gasteiger partial charge in [0.15, 0.2) is 6.23 Å². The van der Waals surface area contributed by atoms with E-state index in [0.29, 0.717) is 0 Å². The van der Waals surface area contributed by atoms with Crippen LogP contribution in [0.15, 0.2) is 12.7 Å². The van der Waals surface area contributed by atoms with Gasteiger partial charge in [0.1, 0.15) is 0 Å². The summed E-state index contributed by atoms with van der Waals surface area (Å²) in [5.41, 5.74) is 0. The lowest BCUT2D eigenvalue weighted by molar-refractivity contribution is -0.142. The summed E-state index contributed by atoms with van der Waals surface area (Å²) < 4.78 is 14.0. The Bertz CT molecular complexity index is 258. The van der Waals surface area contributed by atoms with E-state index in [1.165, 1.54) is 13.8 Å². The molecule has 0 aromatic heterocycles. The molecule has 0 aromatic rings. The third kappa shape index (κ3) is 7.44. The summed E-state index contributed by atoms with van der Waals surface area (Å²) >= 11 is 0. The van der Waals surface area contributed by atoms with Gasteiger partial charge in [-0.2, -0.15) is 0 Å². The second-order valence-corrected chi connectivity index (χ2v) is 4.15. The van der Waals surface area contributed by atoms with Gasteiger partial charge in [-0.1, -0.05) is 6.58 Å². The molecule has 6 nitrogen and oxygen atoms in total. The minimum absolute atomic E-state index is 0.218. The van der Waals surface area contributed by atoms with Gasteiger partial charge in [-0.3, -0.25) is 9.59 Å². The first-order chi connectivity index (χ1) is 6.95. The Morgan fingerprint density at radius 3 is 2.00 bits per heavy atom.